The molecular weight excluding hydrogens is 372 g/mol. The van der Waals surface area contributed by atoms with Crippen molar-refractivity contribution in [3.05, 3.63) is 88.6 Å². The third-order valence-corrected chi connectivity index (χ3v) is 4.68. The van der Waals surface area contributed by atoms with Gasteiger partial charge in [-0.3, -0.25) is 9.89 Å². The van der Waals surface area contributed by atoms with Gasteiger partial charge in [-0.2, -0.15) is 5.10 Å². The van der Waals surface area contributed by atoms with Crippen molar-refractivity contribution in [2.45, 2.75) is 0 Å². The molecule has 0 radical (unpaired) electrons. The molecule has 0 saturated carbocycles. The highest BCUT2D eigenvalue weighted by Gasteiger charge is 2.12. The normalized spacial score (nSPS) is 11.2. The van der Waals surface area contributed by atoms with Crippen LogP contribution in [0.4, 0.5) is 11.4 Å². The van der Waals surface area contributed by atoms with Crippen LogP contribution in [0.1, 0.15) is 21.6 Å². The molecule has 1 heterocycles. The van der Waals surface area contributed by atoms with Gasteiger partial charge in [0.05, 0.1) is 21.8 Å². The maximum atomic E-state index is 12.6. The Bertz CT molecular complexity index is 1200. The molecule has 28 heavy (non-hydrogen) atoms. The number of amides is 1. The van der Waals surface area contributed by atoms with Crippen molar-refractivity contribution < 1.29 is 4.79 Å². The molecular formula is C22H17ClN4O. The Morgan fingerprint density at radius 3 is 2.68 bits per heavy atom. The van der Waals surface area contributed by atoms with E-state index in [-0.39, 0.29) is 5.91 Å². The van der Waals surface area contributed by atoms with E-state index in [4.69, 9.17) is 17.3 Å². The highest BCUT2D eigenvalue weighted by atomic mass is 35.5. The van der Waals surface area contributed by atoms with Gasteiger partial charge >= 0.3 is 0 Å². The molecule has 0 aliphatic carbocycles. The lowest BCUT2D eigenvalue weighted by molar-refractivity contribution is 0.102. The fraction of sp³-hybridized carbons (Fsp3) is 0. The predicted octanol–water partition coefficient (Wildman–Crippen LogP) is 5.22. The summed E-state index contributed by atoms with van der Waals surface area (Å²) in [6, 6.07) is 20.3. The monoisotopic (exact) mass is 388 g/mol. The van der Waals surface area contributed by atoms with Crippen LogP contribution in [0.5, 0.6) is 0 Å². The number of para-hydroxylation sites is 2. The van der Waals surface area contributed by atoms with E-state index >= 15 is 0 Å². The van der Waals surface area contributed by atoms with Crippen molar-refractivity contribution in [1.82, 2.24) is 10.2 Å². The van der Waals surface area contributed by atoms with Gasteiger partial charge in [0.15, 0.2) is 0 Å². The number of hydrogen-bond donors (Lipinski definition) is 3. The molecule has 1 amide bonds. The topological polar surface area (TPSA) is 83.8 Å². The number of rotatable bonds is 4. The number of aromatic nitrogens is 2. The Hall–Kier alpha value is -3.57. The fourth-order valence-corrected chi connectivity index (χ4v) is 3.22. The van der Waals surface area contributed by atoms with Crippen LogP contribution in [0.15, 0.2) is 66.7 Å². The second-order valence-electron chi connectivity index (χ2n) is 6.27. The molecule has 0 saturated heterocycles. The van der Waals surface area contributed by atoms with E-state index in [0.717, 1.165) is 22.2 Å². The highest BCUT2D eigenvalue weighted by Crippen LogP contribution is 2.24. The molecule has 0 fully saturated rings. The third-order valence-electron chi connectivity index (χ3n) is 4.37. The highest BCUT2D eigenvalue weighted by molar-refractivity contribution is 6.34. The number of nitrogens with one attached hydrogen (secondary N) is 2. The van der Waals surface area contributed by atoms with Crippen molar-refractivity contribution in [3.63, 3.8) is 0 Å². The molecule has 0 aliphatic heterocycles. The maximum Gasteiger partial charge on any atom is 0.257 e. The van der Waals surface area contributed by atoms with E-state index < -0.39 is 0 Å². The third kappa shape index (κ3) is 3.61. The molecule has 3 aromatic carbocycles. The summed E-state index contributed by atoms with van der Waals surface area (Å²) in [6.07, 6.45) is 3.84. The van der Waals surface area contributed by atoms with Crippen molar-refractivity contribution >= 4 is 51.9 Å². The number of hydrogen-bond acceptors (Lipinski definition) is 3. The quantitative estimate of drug-likeness (QED) is 0.419. The zero-order valence-electron chi connectivity index (χ0n) is 14.8. The number of benzene rings is 3. The van der Waals surface area contributed by atoms with Crippen LogP contribution in [0.25, 0.3) is 23.1 Å². The number of nitrogens with two attached hydrogens (primary N) is 1. The summed E-state index contributed by atoms with van der Waals surface area (Å²) in [4.78, 5) is 12.6. The summed E-state index contributed by atoms with van der Waals surface area (Å²) in [5.41, 5.74) is 9.91. The first-order chi connectivity index (χ1) is 13.6. The van der Waals surface area contributed by atoms with Crippen molar-refractivity contribution in [1.29, 1.82) is 0 Å². The lowest BCUT2D eigenvalue weighted by Crippen LogP contribution is -2.13. The first-order valence-electron chi connectivity index (χ1n) is 8.68. The van der Waals surface area contributed by atoms with Gasteiger partial charge in [-0.15, -0.1) is 0 Å². The number of nitrogen functional groups attached to an aromatic ring is 1. The van der Waals surface area contributed by atoms with E-state index in [1.165, 1.54) is 0 Å². The standard InChI is InChI=1S/C22H17ClN4O/c23-18-13-15(24)10-11-16(18)22(28)25-19-7-3-1-5-14(19)9-12-21-17-6-2-4-8-20(17)26-27-21/h1-13H,24H2,(H,25,28)(H,26,27). The van der Waals surface area contributed by atoms with Gasteiger partial charge in [-0.1, -0.05) is 54.1 Å². The fourth-order valence-electron chi connectivity index (χ4n) is 2.94. The van der Waals surface area contributed by atoms with Crippen molar-refractivity contribution in [2.75, 3.05) is 11.1 Å². The molecule has 6 heteroatoms. The summed E-state index contributed by atoms with van der Waals surface area (Å²) in [5, 5.41) is 11.6. The molecule has 4 rings (SSSR count). The minimum Gasteiger partial charge on any atom is -0.399 e. The number of halogens is 1. The zero-order valence-corrected chi connectivity index (χ0v) is 15.6. The molecule has 138 valence electrons. The Kier molecular flexibility index (Phi) is 4.83. The van der Waals surface area contributed by atoms with Gasteiger partial charge in [0.25, 0.3) is 5.91 Å². The first kappa shape index (κ1) is 17.8. The van der Waals surface area contributed by atoms with E-state index in [0.29, 0.717) is 22.0 Å². The number of fused-ring (bicyclic) bond motifs is 1. The molecule has 0 aliphatic rings. The average Bonchev–Trinajstić information content (AvgIpc) is 3.10. The summed E-state index contributed by atoms with van der Waals surface area (Å²) in [7, 11) is 0. The van der Waals surface area contributed by atoms with Crippen LogP contribution in [-0.4, -0.2) is 16.1 Å². The van der Waals surface area contributed by atoms with Gasteiger partial charge in [0, 0.05) is 16.8 Å². The average molecular weight is 389 g/mol. The molecule has 0 spiro atoms. The molecule has 0 unspecified atom stereocenters. The van der Waals surface area contributed by atoms with E-state index in [9.17, 15) is 4.79 Å². The van der Waals surface area contributed by atoms with Gasteiger partial charge in [-0.25, -0.2) is 0 Å². The maximum absolute atomic E-state index is 12.6. The zero-order chi connectivity index (χ0) is 19.5. The Labute approximate surface area is 166 Å². The number of nitrogens with zero attached hydrogens (tertiary/aromatic N) is 1. The molecule has 5 nitrogen and oxygen atoms in total. The van der Waals surface area contributed by atoms with E-state index in [2.05, 4.69) is 15.5 Å². The largest absolute Gasteiger partial charge is 0.399 e. The van der Waals surface area contributed by atoms with E-state index in [1.807, 2.05) is 60.7 Å². The number of carbonyl (C=O) groups is 1. The second-order valence-corrected chi connectivity index (χ2v) is 6.68. The Morgan fingerprint density at radius 1 is 1.04 bits per heavy atom. The summed E-state index contributed by atoms with van der Waals surface area (Å²) >= 11 is 6.15. The number of anilines is 2. The smallest absolute Gasteiger partial charge is 0.257 e. The predicted molar refractivity (Wildman–Crippen MR) is 115 cm³/mol. The minimum absolute atomic E-state index is 0.295. The van der Waals surface area contributed by atoms with Crippen LogP contribution in [0.3, 0.4) is 0 Å². The second kappa shape index (κ2) is 7.58. The van der Waals surface area contributed by atoms with Gasteiger partial charge in [-0.05, 0) is 42.0 Å². The number of carbonyl (C=O) groups excluding carboxylic acids is 1. The Balaban J connectivity index is 1.61. The lowest BCUT2D eigenvalue weighted by Gasteiger charge is -2.10. The molecule has 4 N–H and O–H groups in total. The summed E-state index contributed by atoms with van der Waals surface area (Å²) in [5.74, 6) is -0.295. The minimum atomic E-state index is -0.295. The summed E-state index contributed by atoms with van der Waals surface area (Å²) in [6.45, 7) is 0. The molecule has 0 bridgehead atoms. The van der Waals surface area contributed by atoms with Crippen molar-refractivity contribution in [2.24, 2.45) is 0 Å². The van der Waals surface area contributed by atoms with Crippen LogP contribution >= 0.6 is 11.6 Å². The Morgan fingerprint density at radius 2 is 1.82 bits per heavy atom. The first-order valence-corrected chi connectivity index (χ1v) is 9.06. The molecule has 0 atom stereocenters. The summed E-state index contributed by atoms with van der Waals surface area (Å²) < 4.78 is 0. The van der Waals surface area contributed by atoms with Crippen LogP contribution in [-0.2, 0) is 0 Å². The van der Waals surface area contributed by atoms with Crippen LogP contribution in [0, 0.1) is 0 Å². The van der Waals surface area contributed by atoms with Gasteiger partial charge in [0.2, 0.25) is 0 Å². The molecule has 1 aromatic heterocycles. The van der Waals surface area contributed by atoms with E-state index in [1.54, 1.807) is 18.2 Å². The van der Waals surface area contributed by atoms with Crippen LogP contribution in [0.2, 0.25) is 5.02 Å². The number of aromatic amines is 1. The van der Waals surface area contributed by atoms with Gasteiger partial charge in [0.1, 0.15) is 0 Å². The SMILES string of the molecule is Nc1ccc(C(=O)Nc2ccccc2C=Cc2n[nH]c3ccccc23)c(Cl)c1. The van der Waals surface area contributed by atoms with Crippen LogP contribution < -0.4 is 11.1 Å². The number of H-pyrrole nitrogens is 1. The lowest BCUT2D eigenvalue weighted by atomic mass is 10.1. The molecule has 4 aromatic rings. The van der Waals surface area contributed by atoms with Crippen molar-refractivity contribution in [3.8, 4) is 0 Å². The van der Waals surface area contributed by atoms with Gasteiger partial charge < -0.3 is 11.1 Å².